The van der Waals surface area contributed by atoms with Crippen molar-refractivity contribution in [1.82, 2.24) is 4.72 Å². The lowest BCUT2D eigenvalue weighted by atomic mass is 9.89. The first-order chi connectivity index (χ1) is 13.5. The Morgan fingerprint density at radius 3 is 2.55 bits per heavy atom. The molecule has 2 N–H and O–H groups in total. The van der Waals surface area contributed by atoms with E-state index in [0.717, 1.165) is 30.5 Å². The van der Waals surface area contributed by atoms with E-state index in [9.17, 15) is 13.2 Å². The highest BCUT2D eigenvalue weighted by atomic mass is 32.2. The molecule has 0 saturated carbocycles. The van der Waals surface area contributed by atoms with Crippen molar-refractivity contribution in [2.75, 3.05) is 11.9 Å². The molecule has 6 heteroatoms. The number of fused-ring (bicyclic) bond motifs is 1. The van der Waals surface area contributed by atoms with Crippen molar-refractivity contribution in [1.29, 1.82) is 0 Å². The summed E-state index contributed by atoms with van der Waals surface area (Å²) in [7, 11) is -3.43. The summed E-state index contributed by atoms with van der Waals surface area (Å²) in [6.45, 7) is 10.7. The van der Waals surface area contributed by atoms with Crippen molar-refractivity contribution in [2.24, 2.45) is 0 Å². The predicted molar refractivity (Wildman–Crippen MR) is 121 cm³/mol. The van der Waals surface area contributed by atoms with Crippen LogP contribution in [0.1, 0.15) is 50.3 Å². The summed E-state index contributed by atoms with van der Waals surface area (Å²) in [5.41, 5.74) is 4.94. The zero-order chi connectivity index (χ0) is 21.7. The molecule has 1 amide bonds. The van der Waals surface area contributed by atoms with Gasteiger partial charge in [0.2, 0.25) is 10.0 Å². The number of amides is 1. The Labute approximate surface area is 175 Å². The predicted octanol–water partition coefficient (Wildman–Crippen LogP) is 4.20. The number of allylic oxidation sites excluding steroid dienone is 2. The number of hydrogen-bond acceptors (Lipinski definition) is 3. The standard InChI is InChI=1S/C23H32N2O3S/c1-6-10-18(12-9-14-24-29(27,28)23(3,4)5)22(26)25-21-16-17(2)15-19-11-7-8-13-20(19)21/h6,9-10,12,15-16,24H,1,7-8,11,13-14H2,2-5H3,(H,25,26)/b12-9-,18-10+. The van der Waals surface area contributed by atoms with Crippen molar-refractivity contribution >= 4 is 21.6 Å². The SMILES string of the molecule is C=C/C=C(\C=C/CNS(=O)(=O)C(C)(C)C)C(=O)Nc1cc(C)cc2c1CCCC2. The number of aryl methyl sites for hydroxylation is 2. The molecule has 0 spiro atoms. The normalized spacial score (nSPS) is 15.2. The number of anilines is 1. The monoisotopic (exact) mass is 416 g/mol. The van der Waals surface area contributed by atoms with E-state index in [2.05, 4.69) is 22.7 Å². The Balaban J connectivity index is 2.12. The van der Waals surface area contributed by atoms with Gasteiger partial charge in [-0.25, -0.2) is 13.1 Å². The van der Waals surface area contributed by atoms with Gasteiger partial charge < -0.3 is 5.32 Å². The first-order valence-corrected chi connectivity index (χ1v) is 11.5. The summed E-state index contributed by atoms with van der Waals surface area (Å²) < 4.78 is 25.9. The quantitative estimate of drug-likeness (QED) is 0.517. The minimum absolute atomic E-state index is 0.112. The molecular formula is C23H32N2O3S. The van der Waals surface area contributed by atoms with Gasteiger partial charge in [-0.1, -0.05) is 36.9 Å². The van der Waals surface area contributed by atoms with Crippen molar-refractivity contribution in [2.45, 2.75) is 58.1 Å². The first-order valence-electron chi connectivity index (χ1n) is 9.97. The maximum absolute atomic E-state index is 12.8. The maximum Gasteiger partial charge on any atom is 0.255 e. The molecule has 0 bridgehead atoms. The fraction of sp³-hybridized carbons (Fsp3) is 0.435. The highest BCUT2D eigenvalue weighted by molar-refractivity contribution is 7.90. The van der Waals surface area contributed by atoms with Gasteiger partial charge >= 0.3 is 0 Å². The number of nitrogens with one attached hydrogen (secondary N) is 2. The van der Waals surface area contributed by atoms with E-state index in [1.54, 1.807) is 45.1 Å². The summed E-state index contributed by atoms with van der Waals surface area (Å²) in [6.07, 6.45) is 10.7. The average molecular weight is 417 g/mol. The number of hydrogen-bond donors (Lipinski definition) is 2. The summed E-state index contributed by atoms with van der Waals surface area (Å²) >= 11 is 0. The smallest absolute Gasteiger partial charge is 0.255 e. The van der Waals surface area contributed by atoms with Crippen LogP contribution in [0.2, 0.25) is 0 Å². The molecule has 0 radical (unpaired) electrons. The zero-order valence-electron chi connectivity index (χ0n) is 17.8. The van der Waals surface area contributed by atoms with Crippen LogP contribution in [0.25, 0.3) is 0 Å². The molecule has 158 valence electrons. The molecule has 2 rings (SSSR count). The van der Waals surface area contributed by atoms with Gasteiger partial charge in [0, 0.05) is 17.8 Å². The molecule has 0 saturated heterocycles. The molecule has 0 heterocycles. The third kappa shape index (κ3) is 6.15. The fourth-order valence-electron chi connectivity index (χ4n) is 3.23. The molecule has 0 aliphatic heterocycles. The maximum atomic E-state index is 12.8. The largest absolute Gasteiger partial charge is 0.322 e. The van der Waals surface area contributed by atoms with Crippen molar-refractivity contribution in [3.8, 4) is 0 Å². The number of carbonyl (C=O) groups is 1. The lowest BCUT2D eigenvalue weighted by molar-refractivity contribution is -0.112. The van der Waals surface area contributed by atoms with Crippen LogP contribution in [0.4, 0.5) is 5.69 Å². The number of benzene rings is 1. The third-order valence-electron chi connectivity index (χ3n) is 4.91. The van der Waals surface area contributed by atoms with Crippen LogP contribution in [0, 0.1) is 6.92 Å². The summed E-state index contributed by atoms with van der Waals surface area (Å²) in [5, 5.41) is 3.03. The lowest BCUT2D eigenvalue weighted by Gasteiger charge is -2.21. The van der Waals surface area contributed by atoms with E-state index >= 15 is 0 Å². The highest BCUT2D eigenvalue weighted by Crippen LogP contribution is 2.29. The van der Waals surface area contributed by atoms with Crippen LogP contribution >= 0.6 is 0 Å². The lowest BCUT2D eigenvalue weighted by Crippen LogP contribution is -2.39. The van der Waals surface area contributed by atoms with Gasteiger partial charge in [0.25, 0.3) is 5.91 Å². The van der Waals surface area contributed by atoms with Crippen molar-refractivity contribution in [3.63, 3.8) is 0 Å². The third-order valence-corrected chi connectivity index (χ3v) is 7.07. The van der Waals surface area contributed by atoms with Crippen molar-refractivity contribution < 1.29 is 13.2 Å². The number of sulfonamides is 1. The molecular weight excluding hydrogens is 384 g/mol. The van der Waals surface area contributed by atoms with Gasteiger partial charge in [-0.2, -0.15) is 0 Å². The van der Waals surface area contributed by atoms with Crippen molar-refractivity contribution in [3.05, 3.63) is 65.3 Å². The van der Waals surface area contributed by atoms with E-state index in [-0.39, 0.29) is 12.5 Å². The molecule has 0 aromatic heterocycles. The topological polar surface area (TPSA) is 75.3 Å². The Morgan fingerprint density at radius 2 is 1.90 bits per heavy atom. The Bertz CT molecular complexity index is 936. The zero-order valence-corrected chi connectivity index (χ0v) is 18.7. The van der Waals surface area contributed by atoms with E-state index in [4.69, 9.17) is 0 Å². The molecule has 0 fully saturated rings. The molecule has 5 nitrogen and oxygen atoms in total. The van der Waals surface area contributed by atoms with E-state index < -0.39 is 14.8 Å². The van der Waals surface area contributed by atoms with E-state index in [0.29, 0.717) is 5.57 Å². The second kappa shape index (κ2) is 9.55. The van der Waals surface area contributed by atoms with Gasteiger partial charge in [-0.15, -0.1) is 0 Å². The second-order valence-corrected chi connectivity index (χ2v) is 10.9. The molecule has 0 unspecified atom stereocenters. The molecule has 1 aromatic carbocycles. The summed E-state index contributed by atoms with van der Waals surface area (Å²) in [6, 6.07) is 4.21. The van der Waals surface area contributed by atoms with Gasteiger partial charge in [-0.3, -0.25) is 4.79 Å². The Hall–Kier alpha value is -2.18. The van der Waals surface area contributed by atoms with Crippen LogP contribution < -0.4 is 10.0 Å². The first kappa shape index (κ1) is 23.1. The average Bonchev–Trinajstić information content (AvgIpc) is 2.63. The summed E-state index contributed by atoms with van der Waals surface area (Å²) in [4.78, 5) is 12.8. The fourth-order valence-corrected chi connectivity index (χ4v) is 3.98. The van der Waals surface area contributed by atoms with Gasteiger partial charge in [0.05, 0.1) is 4.75 Å². The minimum Gasteiger partial charge on any atom is -0.322 e. The number of rotatable bonds is 7. The van der Waals surface area contributed by atoms with Crippen LogP contribution in [0.3, 0.4) is 0 Å². The summed E-state index contributed by atoms with van der Waals surface area (Å²) in [5.74, 6) is -0.238. The van der Waals surface area contributed by atoms with Gasteiger partial charge in [-0.05, 0) is 76.1 Å². The highest BCUT2D eigenvalue weighted by Gasteiger charge is 2.27. The van der Waals surface area contributed by atoms with Gasteiger partial charge in [0.1, 0.15) is 0 Å². The van der Waals surface area contributed by atoms with Crippen LogP contribution in [-0.2, 0) is 27.7 Å². The Morgan fingerprint density at radius 1 is 1.21 bits per heavy atom. The number of carbonyl (C=O) groups excluding carboxylic acids is 1. The molecule has 29 heavy (non-hydrogen) atoms. The molecule has 1 aliphatic rings. The van der Waals surface area contributed by atoms with Crippen LogP contribution in [-0.4, -0.2) is 25.6 Å². The van der Waals surface area contributed by atoms with Crippen LogP contribution in [0.15, 0.2) is 48.6 Å². The van der Waals surface area contributed by atoms with E-state index in [1.165, 1.54) is 17.5 Å². The van der Waals surface area contributed by atoms with E-state index in [1.807, 2.05) is 13.0 Å². The van der Waals surface area contributed by atoms with Crippen LogP contribution in [0.5, 0.6) is 0 Å². The molecule has 1 aromatic rings. The second-order valence-electron chi connectivity index (χ2n) is 8.34. The Kier molecular flexibility index (Phi) is 7.60. The molecule has 0 atom stereocenters. The van der Waals surface area contributed by atoms with Gasteiger partial charge in [0.15, 0.2) is 0 Å². The minimum atomic E-state index is -3.43. The molecule has 1 aliphatic carbocycles.